The van der Waals surface area contributed by atoms with Gasteiger partial charge in [0, 0.05) is 0 Å². The molecule has 0 saturated heterocycles. The fraction of sp³-hybridized carbons (Fsp3) is 0.308. The Morgan fingerprint density at radius 2 is 1.89 bits per heavy atom. The molecule has 1 aromatic carbocycles. The van der Waals surface area contributed by atoms with Crippen LogP contribution in [0.4, 0.5) is 0 Å². The van der Waals surface area contributed by atoms with Crippen molar-refractivity contribution in [2.24, 2.45) is 0 Å². The second-order valence-electron chi connectivity index (χ2n) is 4.26. The second-order valence-corrected chi connectivity index (χ2v) is 6.31. The van der Waals surface area contributed by atoms with Crippen molar-refractivity contribution in [2.75, 3.05) is 12.9 Å². The van der Waals surface area contributed by atoms with Crippen LogP contribution in [0.1, 0.15) is 18.4 Å². The van der Waals surface area contributed by atoms with Gasteiger partial charge in [0.25, 0.3) is 0 Å². The van der Waals surface area contributed by atoms with Crippen molar-refractivity contribution in [1.82, 2.24) is 0 Å². The number of hydrogen-bond donors (Lipinski definition) is 1. The molecule has 1 aromatic rings. The van der Waals surface area contributed by atoms with E-state index in [4.69, 9.17) is 9.84 Å². The minimum atomic E-state index is -3.69. The summed E-state index contributed by atoms with van der Waals surface area (Å²) in [5.74, 6) is -0.848. The molecule has 102 valence electrons. The zero-order valence-corrected chi connectivity index (χ0v) is 11.2. The van der Waals surface area contributed by atoms with Gasteiger partial charge in [-0.15, -0.1) is 0 Å². The van der Waals surface area contributed by atoms with Crippen molar-refractivity contribution >= 4 is 21.4 Å². The standard InChI is InChI=1S/C13H14O5S/c1-18-10-6-4-9(5-7-10)11-3-2-8-19(16,17)12(11)13(14)15/h4-7H,2-3,8H2,1H3,(H,14,15). The number of benzene rings is 1. The van der Waals surface area contributed by atoms with Crippen LogP contribution in [0.25, 0.3) is 5.57 Å². The first-order valence-electron chi connectivity index (χ1n) is 5.79. The van der Waals surface area contributed by atoms with E-state index < -0.39 is 20.7 Å². The van der Waals surface area contributed by atoms with Crippen LogP contribution in [0.2, 0.25) is 0 Å². The Morgan fingerprint density at radius 3 is 2.42 bits per heavy atom. The van der Waals surface area contributed by atoms with E-state index in [1.165, 1.54) is 7.11 Å². The van der Waals surface area contributed by atoms with E-state index in [9.17, 15) is 13.2 Å². The summed E-state index contributed by atoms with van der Waals surface area (Å²) in [5, 5.41) is 9.14. The summed E-state index contributed by atoms with van der Waals surface area (Å²) in [5.41, 5.74) is 0.989. The smallest absolute Gasteiger partial charge is 0.347 e. The van der Waals surface area contributed by atoms with Gasteiger partial charge in [0.05, 0.1) is 12.9 Å². The maximum absolute atomic E-state index is 11.9. The quantitative estimate of drug-likeness (QED) is 0.912. The molecule has 0 amide bonds. The SMILES string of the molecule is COc1ccc(C2=C(C(=O)O)S(=O)(=O)CCC2)cc1. The molecule has 0 fully saturated rings. The molecule has 5 nitrogen and oxygen atoms in total. The van der Waals surface area contributed by atoms with Gasteiger partial charge < -0.3 is 9.84 Å². The molecule has 0 saturated carbocycles. The number of ether oxygens (including phenoxy) is 1. The van der Waals surface area contributed by atoms with Crippen LogP contribution in [-0.4, -0.2) is 32.4 Å². The van der Waals surface area contributed by atoms with Crippen molar-refractivity contribution in [3.05, 3.63) is 34.7 Å². The van der Waals surface area contributed by atoms with Gasteiger partial charge in [-0.05, 0) is 36.1 Å². The molecule has 2 rings (SSSR count). The number of rotatable bonds is 3. The lowest BCUT2D eigenvalue weighted by atomic mass is 10.0. The van der Waals surface area contributed by atoms with Crippen LogP contribution in [0.15, 0.2) is 29.2 Å². The van der Waals surface area contributed by atoms with Crippen LogP contribution in [0.3, 0.4) is 0 Å². The summed E-state index contributed by atoms with van der Waals surface area (Å²) in [6.45, 7) is 0. The lowest BCUT2D eigenvalue weighted by Gasteiger charge is -2.18. The Morgan fingerprint density at radius 1 is 1.26 bits per heavy atom. The largest absolute Gasteiger partial charge is 0.497 e. The lowest BCUT2D eigenvalue weighted by molar-refractivity contribution is -0.131. The molecule has 1 N–H and O–H groups in total. The Bertz CT molecular complexity index is 626. The first-order chi connectivity index (χ1) is 8.95. The number of carboxylic acid groups (broad SMARTS) is 1. The molecular formula is C13H14O5S. The molecule has 0 unspecified atom stereocenters. The number of aliphatic carboxylic acids is 1. The molecule has 0 radical (unpaired) electrons. The average molecular weight is 282 g/mol. The number of sulfone groups is 1. The topological polar surface area (TPSA) is 80.7 Å². The van der Waals surface area contributed by atoms with Crippen LogP contribution in [0.5, 0.6) is 5.75 Å². The molecule has 0 aliphatic carbocycles. The number of carboxylic acids is 1. The summed E-state index contributed by atoms with van der Waals surface area (Å²) in [7, 11) is -2.16. The van der Waals surface area contributed by atoms with Gasteiger partial charge in [0.15, 0.2) is 14.7 Å². The van der Waals surface area contributed by atoms with Gasteiger partial charge in [-0.3, -0.25) is 0 Å². The van der Waals surface area contributed by atoms with E-state index in [0.29, 0.717) is 29.7 Å². The fourth-order valence-corrected chi connectivity index (χ4v) is 3.76. The molecule has 0 atom stereocenters. The maximum atomic E-state index is 11.9. The Labute approximate surface area is 111 Å². The van der Waals surface area contributed by atoms with Crippen LogP contribution in [-0.2, 0) is 14.6 Å². The van der Waals surface area contributed by atoms with Gasteiger partial charge in [-0.2, -0.15) is 0 Å². The zero-order valence-electron chi connectivity index (χ0n) is 10.4. The highest BCUT2D eigenvalue weighted by molar-refractivity contribution is 7.96. The first kappa shape index (κ1) is 13.6. The molecule has 19 heavy (non-hydrogen) atoms. The predicted molar refractivity (Wildman–Crippen MR) is 70.6 cm³/mol. The third-order valence-electron chi connectivity index (χ3n) is 3.06. The molecule has 1 aliphatic heterocycles. The Balaban J connectivity index is 2.58. The number of methoxy groups -OCH3 is 1. The molecular weight excluding hydrogens is 268 g/mol. The van der Waals surface area contributed by atoms with Gasteiger partial charge in [-0.25, -0.2) is 13.2 Å². The normalized spacial score (nSPS) is 18.2. The van der Waals surface area contributed by atoms with Gasteiger partial charge >= 0.3 is 5.97 Å². The Hall–Kier alpha value is -1.82. The minimum Gasteiger partial charge on any atom is -0.497 e. The van der Waals surface area contributed by atoms with E-state index in [1.54, 1.807) is 24.3 Å². The van der Waals surface area contributed by atoms with Gasteiger partial charge in [-0.1, -0.05) is 12.1 Å². The summed E-state index contributed by atoms with van der Waals surface area (Å²) in [4.78, 5) is 10.7. The zero-order chi connectivity index (χ0) is 14.0. The molecule has 1 heterocycles. The highest BCUT2D eigenvalue weighted by Crippen LogP contribution is 2.33. The van der Waals surface area contributed by atoms with Crippen molar-refractivity contribution in [2.45, 2.75) is 12.8 Å². The highest BCUT2D eigenvalue weighted by Gasteiger charge is 2.32. The number of carbonyl (C=O) groups is 1. The van der Waals surface area contributed by atoms with Crippen molar-refractivity contribution in [1.29, 1.82) is 0 Å². The maximum Gasteiger partial charge on any atom is 0.347 e. The predicted octanol–water partition coefficient (Wildman–Crippen LogP) is 1.70. The highest BCUT2D eigenvalue weighted by atomic mass is 32.2. The fourth-order valence-electron chi connectivity index (χ4n) is 2.17. The van der Waals surface area contributed by atoms with E-state index >= 15 is 0 Å². The average Bonchev–Trinajstić information content (AvgIpc) is 2.37. The van der Waals surface area contributed by atoms with Crippen LogP contribution in [0, 0.1) is 0 Å². The van der Waals surface area contributed by atoms with Crippen LogP contribution < -0.4 is 4.74 Å². The summed E-state index contributed by atoms with van der Waals surface area (Å²) < 4.78 is 28.8. The molecule has 0 bridgehead atoms. The third-order valence-corrected chi connectivity index (χ3v) is 4.93. The van der Waals surface area contributed by atoms with Crippen LogP contribution >= 0.6 is 0 Å². The minimum absolute atomic E-state index is 0.103. The third kappa shape index (κ3) is 2.63. The van der Waals surface area contributed by atoms with Gasteiger partial charge in [0.2, 0.25) is 0 Å². The van der Waals surface area contributed by atoms with Crippen molar-refractivity contribution in [3.8, 4) is 5.75 Å². The molecule has 0 spiro atoms. The molecule has 1 aliphatic rings. The van der Waals surface area contributed by atoms with E-state index in [1.807, 2.05) is 0 Å². The summed E-state index contributed by atoms with van der Waals surface area (Å²) in [6, 6.07) is 6.72. The first-order valence-corrected chi connectivity index (χ1v) is 7.44. The monoisotopic (exact) mass is 282 g/mol. The van der Waals surface area contributed by atoms with Crippen molar-refractivity contribution < 1.29 is 23.1 Å². The van der Waals surface area contributed by atoms with E-state index in [2.05, 4.69) is 0 Å². The second kappa shape index (κ2) is 5.05. The summed E-state index contributed by atoms with van der Waals surface area (Å²) in [6.07, 6.45) is 0.896. The summed E-state index contributed by atoms with van der Waals surface area (Å²) >= 11 is 0. The van der Waals surface area contributed by atoms with E-state index in [0.717, 1.165) is 0 Å². The van der Waals surface area contributed by atoms with Gasteiger partial charge in [0.1, 0.15) is 5.75 Å². The van der Waals surface area contributed by atoms with Crippen molar-refractivity contribution in [3.63, 3.8) is 0 Å². The molecule has 6 heteroatoms. The molecule has 0 aromatic heterocycles. The number of hydrogen-bond acceptors (Lipinski definition) is 4. The number of allylic oxidation sites excluding steroid dienone is 1. The Kier molecular flexibility index (Phi) is 3.61. The lowest BCUT2D eigenvalue weighted by Crippen LogP contribution is -2.22. The van der Waals surface area contributed by atoms with E-state index in [-0.39, 0.29) is 5.75 Å².